The average Bonchev–Trinajstić information content (AvgIpc) is 3.13. The number of thiophene rings is 1. The highest BCUT2D eigenvalue weighted by Crippen LogP contribution is 2.39. The Hall–Kier alpha value is -1.86. The molecule has 0 radical (unpaired) electrons. The third-order valence-electron chi connectivity index (χ3n) is 4.96. The first-order valence-corrected chi connectivity index (χ1v) is 10.4. The summed E-state index contributed by atoms with van der Waals surface area (Å²) in [6.07, 6.45) is 4.44. The Bertz CT molecular complexity index is 887. The van der Waals surface area contributed by atoms with E-state index in [1.165, 1.54) is 11.3 Å². The zero-order valence-corrected chi connectivity index (χ0v) is 17.6. The SMILES string of the molecule is CCC(C)OC(=O)c1c(NC(=O)c2nn(C)c(C)c2Cl)sc2c1CCCC2. The Morgan fingerprint density at radius 2 is 2.07 bits per heavy atom. The molecular formula is C19H24ClN3O3S. The van der Waals surface area contributed by atoms with E-state index in [0.29, 0.717) is 21.3 Å². The van der Waals surface area contributed by atoms with E-state index in [1.54, 1.807) is 18.7 Å². The minimum Gasteiger partial charge on any atom is -0.459 e. The van der Waals surface area contributed by atoms with Crippen LogP contribution in [0.3, 0.4) is 0 Å². The summed E-state index contributed by atoms with van der Waals surface area (Å²) in [4.78, 5) is 26.7. The van der Waals surface area contributed by atoms with Crippen molar-refractivity contribution in [1.82, 2.24) is 9.78 Å². The second kappa shape index (κ2) is 8.02. The van der Waals surface area contributed by atoms with Crippen molar-refractivity contribution >= 4 is 39.8 Å². The average molecular weight is 410 g/mol. The minimum atomic E-state index is -0.417. The maximum atomic E-state index is 12.8. The number of halogens is 1. The van der Waals surface area contributed by atoms with Crippen LogP contribution in [0.1, 0.15) is 70.1 Å². The lowest BCUT2D eigenvalue weighted by Gasteiger charge is -2.15. The van der Waals surface area contributed by atoms with Gasteiger partial charge in [-0.3, -0.25) is 9.48 Å². The van der Waals surface area contributed by atoms with Crippen LogP contribution in [0.15, 0.2) is 0 Å². The molecule has 2 aromatic heterocycles. The highest BCUT2D eigenvalue weighted by Gasteiger charge is 2.29. The van der Waals surface area contributed by atoms with Gasteiger partial charge >= 0.3 is 5.97 Å². The predicted molar refractivity (Wildman–Crippen MR) is 107 cm³/mol. The van der Waals surface area contributed by atoms with Gasteiger partial charge in [0.1, 0.15) is 5.00 Å². The molecule has 0 aliphatic heterocycles. The van der Waals surface area contributed by atoms with Crippen LogP contribution >= 0.6 is 22.9 Å². The lowest BCUT2D eigenvalue weighted by Crippen LogP contribution is -2.19. The number of ether oxygens (including phenoxy) is 1. The smallest absolute Gasteiger partial charge is 0.341 e. The monoisotopic (exact) mass is 409 g/mol. The van der Waals surface area contributed by atoms with Gasteiger partial charge in [-0.15, -0.1) is 11.3 Å². The molecule has 1 unspecified atom stereocenters. The number of hydrogen-bond acceptors (Lipinski definition) is 5. The molecule has 146 valence electrons. The number of fused-ring (bicyclic) bond motifs is 1. The summed E-state index contributed by atoms with van der Waals surface area (Å²) in [6.45, 7) is 5.63. The van der Waals surface area contributed by atoms with Crippen molar-refractivity contribution in [3.05, 3.63) is 32.4 Å². The molecule has 27 heavy (non-hydrogen) atoms. The first kappa shape index (κ1) is 19.9. The molecule has 0 aromatic carbocycles. The minimum absolute atomic E-state index is 0.157. The van der Waals surface area contributed by atoms with Gasteiger partial charge in [0.15, 0.2) is 5.69 Å². The summed E-state index contributed by atoms with van der Waals surface area (Å²) in [5.74, 6) is -0.790. The fourth-order valence-corrected chi connectivity index (χ4v) is 4.60. The number of esters is 1. The van der Waals surface area contributed by atoms with Crippen molar-refractivity contribution in [1.29, 1.82) is 0 Å². The Balaban J connectivity index is 1.94. The van der Waals surface area contributed by atoms with Crippen molar-refractivity contribution in [2.75, 3.05) is 5.32 Å². The number of carbonyl (C=O) groups excluding carboxylic acids is 2. The zero-order valence-electron chi connectivity index (χ0n) is 16.0. The first-order valence-electron chi connectivity index (χ1n) is 9.19. The van der Waals surface area contributed by atoms with E-state index in [0.717, 1.165) is 42.5 Å². The highest BCUT2D eigenvalue weighted by molar-refractivity contribution is 7.17. The third-order valence-corrected chi connectivity index (χ3v) is 6.62. The first-order chi connectivity index (χ1) is 12.8. The molecule has 1 N–H and O–H groups in total. The summed E-state index contributed by atoms with van der Waals surface area (Å²) in [5.41, 5.74) is 2.37. The molecule has 0 spiro atoms. The van der Waals surface area contributed by atoms with E-state index in [2.05, 4.69) is 10.4 Å². The van der Waals surface area contributed by atoms with Crippen LogP contribution in [0.25, 0.3) is 0 Å². The van der Waals surface area contributed by atoms with Gasteiger partial charge in [0.25, 0.3) is 5.91 Å². The van der Waals surface area contributed by atoms with Gasteiger partial charge < -0.3 is 10.1 Å². The molecule has 8 heteroatoms. The van der Waals surface area contributed by atoms with Gasteiger partial charge in [0.05, 0.1) is 22.4 Å². The maximum Gasteiger partial charge on any atom is 0.341 e. The molecule has 1 amide bonds. The molecule has 1 aliphatic carbocycles. The second-order valence-corrected chi connectivity index (χ2v) is 8.35. The van der Waals surface area contributed by atoms with Crippen LogP contribution in [-0.4, -0.2) is 27.8 Å². The number of rotatable bonds is 5. The van der Waals surface area contributed by atoms with E-state index >= 15 is 0 Å². The number of nitrogens with zero attached hydrogens (tertiary/aromatic N) is 2. The van der Waals surface area contributed by atoms with Crippen molar-refractivity contribution in [2.24, 2.45) is 7.05 Å². The topological polar surface area (TPSA) is 73.2 Å². The molecule has 3 rings (SSSR count). The molecule has 6 nitrogen and oxygen atoms in total. The highest BCUT2D eigenvalue weighted by atomic mass is 35.5. The maximum absolute atomic E-state index is 12.8. The Labute approximate surface area is 167 Å². The number of aromatic nitrogens is 2. The summed E-state index contributed by atoms with van der Waals surface area (Å²) in [5, 5.41) is 7.89. The van der Waals surface area contributed by atoms with Gasteiger partial charge in [-0.05, 0) is 51.5 Å². The van der Waals surface area contributed by atoms with Gasteiger partial charge in [-0.1, -0.05) is 18.5 Å². The Morgan fingerprint density at radius 1 is 1.37 bits per heavy atom. The van der Waals surface area contributed by atoms with E-state index in [4.69, 9.17) is 16.3 Å². The fraction of sp³-hybridized carbons (Fsp3) is 0.526. The van der Waals surface area contributed by atoms with Crippen LogP contribution in [-0.2, 0) is 24.6 Å². The van der Waals surface area contributed by atoms with Gasteiger partial charge in [0, 0.05) is 11.9 Å². The molecule has 0 fully saturated rings. The lowest BCUT2D eigenvalue weighted by atomic mass is 9.95. The number of hydrogen-bond donors (Lipinski definition) is 1. The molecular weight excluding hydrogens is 386 g/mol. The van der Waals surface area contributed by atoms with E-state index in [9.17, 15) is 9.59 Å². The third kappa shape index (κ3) is 3.89. The zero-order chi connectivity index (χ0) is 19.7. The quantitative estimate of drug-likeness (QED) is 0.736. The normalized spacial score (nSPS) is 14.6. The van der Waals surface area contributed by atoms with Crippen molar-refractivity contribution < 1.29 is 14.3 Å². The van der Waals surface area contributed by atoms with Crippen LogP contribution in [0, 0.1) is 6.92 Å². The van der Waals surface area contributed by atoms with Crippen molar-refractivity contribution in [3.63, 3.8) is 0 Å². The second-order valence-electron chi connectivity index (χ2n) is 6.86. The molecule has 0 saturated carbocycles. The fourth-order valence-electron chi connectivity index (χ4n) is 3.08. The summed E-state index contributed by atoms with van der Waals surface area (Å²) >= 11 is 7.69. The number of anilines is 1. The van der Waals surface area contributed by atoms with Crippen molar-refractivity contribution in [2.45, 2.75) is 59.0 Å². The predicted octanol–water partition coefficient (Wildman–Crippen LogP) is 4.53. The summed E-state index contributed by atoms with van der Waals surface area (Å²) in [6, 6.07) is 0. The van der Waals surface area contributed by atoms with Crippen molar-refractivity contribution in [3.8, 4) is 0 Å². The standard InChI is InChI=1S/C19H24ClN3O3S/c1-5-10(2)26-19(25)14-12-8-6-7-9-13(12)27-18(14)21-17(24)16-15(20)11(3)23(4)22-16/h10H,5-9H2,1-4H3,(H,21,24). The van der Waals surface area contributed by atoms with E-state index in [1.807, 2.05) is 13.8 Å². The van der Waals surface area contributed by atoms with E-state index in [-0.39, 0.29) is 17.8 Å². The summed E-state index contributed by atoms with van der Waals surface area (Å²) < 4.78 is 7.12. The number of carbonyl (C=O) groups is 2. The van der Waals surface area contributed by atoms with Crippen LogP contribution < -0.4 is 5.32 Å². The van der Waals surface area contributed by atoms with Crippen LogP contribution in [0.5, 0.6) is 0 Å². The molecule has 2 heterocycles. The largest absolute Gasteiger partial charge is 0.459 e. The van der Waals surface area contributed by atoms with E-state index < -0.39 is 5.91 Å². The number of aryl methyl sites for hydroxylation is 2. The van der Waals surface area contributed by atoms with Crippen LogP contribution in [0.4, 0.5) is 5.00 Å². The number of nitrogens with one attached hydrogen (secondary N) is 1. The van der Waals surface area contributed by atoms with Gasteiger partial charge in [-0.2, -0.15) is 5.10 Å². The molecule has 1 atom stereocenters. The van der Waals surface area contributed by atoms with Crippen LogP contribution in [0.2, 0.25) is 5.02 Å². The summed E-state index contributed by atoms with van der Waals surface area (Å²) in [7, 11) is 1.73. The Morgan fingerprint density at radius 3 is 2.70 bits per heavy atom. The van der Waals surface area contributed by atoms with Gasteiger partial charge in [-0.25, -0.2) is 4.79 Å². The lowest BCUT2D eigenvalue weighted by molar-refractivity contribution is 0.0335. The Kier molecular flexibility index (Phi) is 5.91. The van der Waals surface area contributed by atoms with Gasteiger partial charge in [0.2, 0.25) is 0 Å². The molecule has 0 bridgehead atoms. The molecule has 2 aromatic rings. The molecule has 1 aliphatic rings. The number of amides is 1. The molecule has 0 saturated heterocycles.